The summed E-state index contributed by atoms with van der Waals surface area (Å²) in [5.74, 6) is -0.613. The Morgan fingerprint density at radius 3 is 3.08 bits per heavy atom. The summed E-state index contributed by atoms with van der Waals surface area (Å²) >= 11 is 0. The molecular formula is C8H14O2S2. The highest BCUT2D eigenvalue weighted by molar-refractivity contribution is 8.77. The van der Waals surface area contributed by atoms with Gasteiger partial charge in [-0.3, -0.25) is 4.79 Å². The topological polar surface area (TPSA) is 37.3 Å². The van der Waals surface area contributed by atoms with E-state index in [4.69, 9.17) is 10.6 Å². The van der Waals surface area contributed by atoms with E-state index >= 15 is 0 Å². The van der Waals surface area contributed by atoms with E-state index in [1.54, 1.807) is 10.8 Å². The number of hydrogen-bond donors (Lipinski definition) is 1. The number of carboxylic acid groups (broad SMARTS) is 1. The van der Waals surface area contributed by atoms with Gasteiger partial charge in [0.1, 0.15) is 0 Å². The van der Waals surface area contributed by atoms with Crippen LogP contribution in [0.1, 0.15) is 37.5 Å². The van der Waals surface area contributed by atoms with Crippen LogP contribution in [0.2, 0.25) is 0 Å². The molecule has 4 heteroatoms. The maximum absolute atomic E-state index is 10.6. The summed E-state index contributed by atoms with van der Waals surface area (Å²) in [6.45, 7) is 0. The molecule has 0 aromatic rings. The van der Waals surface area contributed by atoms with E-state index in [0.717, 1.165) is 12.2 Å². The molecule has 0 aromatic heterocycles. The van der Waals surface area contributed by atoms with E-state index in [1.165, 1.54) is 10.8 Å². The van der Waals surface area contributed by atoms with E-state index in [-0.39, 0.29) is 18.1 Å². The van der Waals surface area contributed by atoms with Gasteiger partial charge in [-0.15, -0.1) is 0 Å². The van der Waals surface area contributed by atoms with Gasteiger partial charge in [0.2, 0.25) is 0 Å². The molecule has 0 bridgehead atoms. The molecule has 1 atom stereocenters. The second kappa shape index (κ2) is 5.75. The highest BCUT2D eigenvalue weighted by atomic mass is 33.1. The van der Waals surface area contributed by atoms with Crippen LogP contribution in [0.25, 0.3) is 0 Å². The first-order valence-electron chi connectivity index (χ1n) is 5.77. The molecule has 0 spiro atoms. The minimum atomic E-state index is -2.33. The van der Waals surface area contributed by atoms with Gasteiger partial charge in [0.25, 0.3) is 0 Å². The van der Waals surface area contributed by atoms with Crippen molar-refractivity contribution in [3.63, 3.8) is 0 Å². The first-order valence-corrected chi connectivity index (χ1v) is 6.15. The average molecular weight is 210 g/mol. The molecule has 0 radical (unpaired) electrons. The van der Waals surface area contributed by atoms with Crippen molar-refractivity contribution in [2.45, 2.75) is 37.3 Å². The van der Waals surface area contributed by atoms with Crippen molar-refractivity contribution in [1.82, 2.24) is 0 Å². The van der Waals surface area contributed by atoms with Crippen LogP contribution in [0.15, 0.2) is 0 Å². The maximum Gasteiger partial charge on any atom is 0.303 e. The van der Waals surface area contributed by atoms with Crippen molar-refractivity contribution in [3.05, 3.63) is 0 Å². The fourth-order valence-corrected chi connectivity index (χ4v) is 3.58. The fourth-order valence-electron chi connectivity index (χ4n) is 0.872. The third-order valence-corrected chi connectivity index (χ3v) is 4.20. The lowest BCUT2D eigenvalue weighted by Crippen LogP contribution is -1.99. The minimum Gasteiger partial charge on any atom is -0.481 e. The molecule has 1 unspecified atom stereocenters. The Kier molecular flexibility index (Phi) is 2.78. The van der Waals surface area contributed by atoms with Gasteiger partial charge in [0.15, 0.2) is 0 Å². The monoisotopic (exact) mass is 210 g/mol. The van der Waals surface area contributed by atoms with Crippen LogP contribution < -0.4 is 0 Å². The lowest BCUT2D eigenvalue weighted by atomic mass is 10.1. The second-order valence-electron chi connectivity index (χ2n) is 2.38. The van der Waals surface area contributed by atoms with Gasteiger partial charge in [-0.1, -0.05) is 28.0 Å². The SMILES string of the molecule is [2H]C([2H])(CCC([2H])([2H])C1CCSS1)C(=O)O. The molecule has 1 fully saturated rings. The standard InChI is InChI=1S/C8H14O2S2/c9-8(10)4-2-1-3-7-5-6-11-12-7/h7H,1-6H2,(H,9,10)/i3D2,4D2. The first kappa shape index (κ1) is 5.81. The lowest BCUT2D eigenvalue weighted by Gasteiger charge is -2.04. The molecule has 1 N–H and O–H groups in total. The zero-order valence-corrected chi connectivity index (χ0v) is 8.21. The molecule has 1 rings (SSSR count). The van der Waals surface area contributed by atoms with Crippen molar-refractivity contribution in [2.24, 2.45) is 0 Å². The van der Waals surface area contributed by atoms with Crippen LogP contribution in [0.5, 0.6) is 0 Å². The number of aliphatic carboxylic acids is 1. The molecule has 12 heavy (non-hydrogen) atoms. The Bertz CT molecular complexity index is 267. The van der Waals surface area contributed by atoms with E-state index in [2.05, 4.69) is 0 Å². The van der Waals surface area contributed by atoms with Crippen LogP contribution in [0.4, 0.5) is 0 Å². The third kappa shape index (κ3) is 4.26. The van der Waals surface area contributed by atoms with Gasteiger partial charge < -0.3 is 5.11 Å². The van der Waals surface area contributed by atoms with Gasteiger partial charge >= 0.3 is 5.97 Å². The van der Waals surface area contributed by atoms with Crippen molar-refractivity contribution in [2.75, 3.05) is 5.75 Å². The summed E-state index contributed by atoms with van der Waals surface area (Å²) in [6.07, 6.45) is -3.39. The van der Waals surface area contributed by atoms with Crippen LogP contribution in [0, 0.1) is 0 Å². The highest BCUT2D eigenvalue weighted by Gasteiger charge is 2.15. The second-order valence-corrected chi connectivity index (χ2v) is 5.07. The van der Waals surface area contributed by atoms with E-state index in [0.29, 0.717) is 0 Å². The van der Waals surface area contributed by atoms with Crippen molar-refractivity contribution in [1.29, 1.82) is 0 Å². The Balaban J connectivity index is 2.49. The summed E-state index contributed by atoms with van der Waals surface area (Å²) in [5, 5.41) is 8.45. The van der Waals surface area contributed by atoms with Crippen LogP contribution in [-0.4, -0.2) is 22.1 Å². The summed E-state index contributed by atoms with van der Waals surface area (Å²) in [4.78, 5) is 10.6. The quantitative estimate of drug-likeness (QED) is 0.708. The van der Waals surface area contributed by atoms with Crippen molar-refractivity contribution >= 4 is 27.6 Å². The Labute approximate surface area is 86.5 Å². The Morgan fingerprint density at radius 2 is 2.50 bits per heavy atom. The molecule has 1 saturated heterocycles. The summed E-state index contributed by atoms with van der Waals surface area (Å²) in [7, 11) is 3.10. The van der Waals surface area contributed by atoms with Gasteiger partial charge in [-0.25, -0.2) is 0 Å². The van der Waals surface area contributed by atoms with Crippen molar-refractivity contribution < 1.29 is 15.4 Å². The minimum absolute atomic E-state index is 0.0511. The molecule has 2 nitrogen and oxygen atoms in total. The van der Waals surface area contributed by atoms with E-state index in [9.17, 15) is 4.79 Å². The van der Waals surface area contributed by atoms with E-state index < -0.39 is 18.7 Å². The number of carboxylic acids is 1. The van der Waals surface area contributed by atoms with Gasteiger partial charge in [0, 0.05) is 22.9 Å². The van der Waals surface area contributed by atoms with Gasteiger partial charge in [0.05, 0.1) is 0 Å². The fraction of sp³-hybridized carbons (Fsp3) is 0.875. The molecule has 0 amide bonds. The zero-order chi connectivity index (χ0) is 12.4. The van der Waals surface area contributed by atoms with Crippen LogP contribution >= 0.6 is 21.6 Å². The molecule has 0 aromatic carbocycles. The average Bonchev–Trinajstić information content (AvgIpc) is 2.68. The molecule has 1 aliphatic rings. The van der Waals surface area contributed by atoms with E-state index in [1.807, 2.05) is 0 Å². The highest BCUT2D eigenvalue weighted by Crippen LogP contribution is 2.39. The largest absolute Gasteiger partial charge is 0.481 e. The molecule has 0 saturated carbocycles. The summed E-state index contributed by atoms with van der Waals surface area (Å²) < 4.78 is 30.1. The maximum atomic E-state index is 10.6. The third-order valence-electron chi connectivity index (χ3n) is 1.42. The van der Waals surface area contributed by atoms with Gasteiger partial charge in [-0.05, 0) is 19.2 Å². The number of carbonyl (C=O) groups is 1. The summed E-state index contributed by atoms with van der Waals surface area (Å²) in [6, 6.07) is 0. The Morgan fingerprint density at radius 1 is 1.67 bits per heavy atom. The number of rotatable bonds is 5. The lowest BCUT2D eigenvalue weighted by molar-refractivity contribution is -0.137. The molecule has 1 heterocycles. The van der Waals surface area contributed by atoms with Crippen LogP contribution in [0.3, 0.4) is 0 Å². The van der Waals surface area contributed by atoms with Crippen molar-refractivity contribution in [3.8, 4) is 0 Å². The predicted molar refractivity (Wildman–Crippen MR) is 54.6 cm³/mol. The smallest absolute Gasteiger partial charge is 0.303 e. The molecule has 0 aliphatic carbocycles. The molecule has 1 aliphatic heterocycles. The molecular weight excluding hydrogens is 192 g/mol. The van der Waals surface area contributed by atoms with Crippen LogP contribution in [-0.2, 0) is 4.79 Å². The normalized spacial score (nSPS) is 30.2. The Hall–Kier alpha value is 0.170. The molecule has 70 valence electrons. The first-order chi connectivity index (χ1) is 7.26. The van der Waals surface area contributed by atoms with Gasteiger partial charge in [-0.2, -0.15) is 0 Å². The summed E-state index contributed by atoms with van der Waals surface area (Å²) in [5.41, 5.74) is 0. The zero-order valence-electron chi connectivity index (χ0n) is 10.6. The number of hydrogen-bond acceptors (Lipinski definition) is 3. The predicted octanol–water partition coefficient (Wildman–Crippen LogP) is 2.79.